The summed E-state index contributed by atoms with van der Waals surface area (Å²) in [5.74, 6) is 0.333. The van der Waals surface area contributed by atoms with Gasteiger partial charge in [0.05, 0.1) is 10.6 Å². The first-order chi connectivity index (χ1) is 8.20. The number of hydrogen-bond acceptors (Lipinski definition) is 3. The van der Waals surface area contributed by atoms with Crippen LogP contribution in [0.4, 0.5) is 5.82 Å². The minimum absolute atomic E-state index is 0.234. The predicted molar refractivity (Wildman–Crippen MR) is 66.2 cm³/mol. The zero-order valence-corrected chi connectivity index (χ0v) is 9.93. The maximum Gasteiger partial charge on any atom is 0.262 e. The van der Waals surface area contributed by atoms with Crippen molar-refractivity contribution in [3.8, 4) is 0 Å². The summed E-state index contributed by atoms with van der Waals surface area (Å²) < 4.78 is 0. The van der Waals surface area contributed by atoms with Crippen molar-refractivity contribution >= 4 is 23.3 Å². The Kier molecular flexibility index (Phi) is 3.35. The van der Waals surface area contributed by atoms with E-state index in [9.17, 15) is 4.79 Å². The first-order valence-electron chi connectivity index (χ1n) is 4.99. The number of nitrogens with zero attached hydrogens (tertiary/aromatic N) is 3. The van der Waals surface area contributed by atoms with Crippen molar-refractivity contribution in [1.29, 1.82) is 0 Å². The number of carbonyl (C=O) groups excluding carboxylic acids is 1. The molecular weight excluding hydrogens is 238 g/mol. The quantitative estimate of drug-likeness (QED) is 0.819. The average molecular weight is 248 g/mol. The Balaban J connectivity index is 2.30. The third-order valence-electron chi connectivity index (χ3n) is 2.30. The van der Waals surface area contributed by atoms with Crippen LogP contribution >= 0.6 is 11.6 Å². The SMILES string of the molecule is CN(C(=O)c1cnccc1Cl)c1ccccn1. The third-order valence-corrected chi connectivity index (χ3v) is 2.63. The van der Waals surface area contributed by atoms with E-state index in [2.05, 4.69) is 9.97 Å². The third kappa shape index (κ3) is 2.42. The highest BCUT2D eigenvalue weighted by atomic mass is 35.5. The Morgan fingerprint density at radius 1 is 1.29 bits per heavy atom. The average Bonchev–Trinajstić information content (AvgIpc) is 2.39. The molecule has 17 heavy (non-hydrogen) atoms. The number of aromatic nitrogens is 2. The molecule has 0 fully saturated rings. The number of halogens is 1. The fourth-order valence-electron chi connectivity index (χ4n) is 1.37. The fraction of sp³-hybridized carbons (Fsp3) is 0.0833. The van der Waals surface area contributed by atoms with Crippen molar-refractivity contribution in [3.05, 3.63) is 53.4 Å². The van der Waals surface area contributed by atoms with Crippen LogP contribution in [0.15, 0.2) is 42.9 Å². The molecular formula is C12H10ClN3O. The van der Waals surface area contributed by atoms with Gasteiger partial charge in [-0.2, -0.15) is 0 Å². The molecule has 2 aromatic rings. The van der Waals surface area contributed by atoms with Crippen molar-refractivity contribution in [3.63, 3.8) is 0 Å². The van der Waals surface area contributed by atoms with Gasteiger partial charge in [-0.15, -0.1) is 0 Å². The van der Waals surface area contributed by atoms with Crippen molar-refractivity contribution in [2.75, 3.05) is 11.9 Å². The van der Waals surface area contributed by atoms with Gasteiger partial charge in [0.25, 0.3) is 5.91 Å². The molecule has 0 aliphatic carbocycles. The molecule has 0 aliphatic heterocycles. The summed E-state index contributed by atoms with van der Waals surface area (Å²) in [5.41, 5.74) is 0.363. The summed E-state index contributed by atoms with van der Waals surface area (Å²) in [5, 5.41) is 0.382. The second-order valence-corrected chi connectivity index (χ2v) is 3.81. The molecule has 0 aliphatic rings. The lowest BCUT2D eigenvalue weighted by Crippen LogP contribution is -2.27. The molecule has 0 unspecified atom stereocenters. The van der Waals surface area contributed by atoms with E-state index in [0.29, 0.717) is 16.4 Å². The molecule has 2 heterocycles. The number of anilines is 1. The lowest BCUT2D eigenvalue weighted by Gasteiger charge is -2.16. The first-order valence-corrected chi connectivity index (χ1v) is 5.36. The molecule has 2 aromatic heterocycles. The zero-order chi connectivity index (χ0) is 12.3. The van der Waals surface area contributed by atoms with Crippen LogP contribution in [-0.4, -0.2) is 22.9 Å². The number of hydrogen-bond donors (Lipinski definition) is 0. The Labute approximate surface area is 104 Å². The second-order valence-electron chi connectivity index (χ2n) is 3.41. The lowest BCUT2D eigenvalue weighted by atomic mass is 10.2. The Morgan fingerprint density at radius 3 is 2.76 bits per heavy atom. The van der Waals surface area contributed by atoms with Gasteiger partial charge in [-0.3, -0.25) is 14.7 Å². The summed E-state index contributed by atoms with van der Waals surface area (Å²) in [6, 6.07) is 6.94. The maximum absolute atomic E-state index is 12.1. The minimum Gasteiger partial charge on any atom is -0.296 e. The van der Waals surface area contributed by atoms with Crippen molar-refractivity contribution in [2.45, 2.75) is 0 Å². The van der Waals surface area contributed by atoms with Gasteiger partial charge in [-0.25, -0.2) is 4.98 Å². The first kappa shape index (κ1) is 11.5. The normalized spacial score (nSPS) is 10.0. The van der Waals surface area contributed by atoms with Gasteiger partial charge in [0.15, 0.2) is 0 Å². The number of rotatable bonds is 2. The lowest BCUT2D eigenvalue weighted by molar-refractivity contribution is 0.0992. The molecule has 0 N–H and O–H groups in total. The summed E-state index contributed by atoms with van der Waals surface area (Å²) in [6.45, 7) is 0. The van der Waals surface area contributed by atoms with Gasteiger partial charge in [0.1, 0.15) is 5.82 Å². The van der Waals surface area contributed by atoms with Gasteiger partial charge >= 0.3 is 0 Å². The van der Waals surface area contributed by atoms with E-state index >= 15 is 0 Å². The molecule has 4 nitrogen and oxygen atoms in total. The Hall–Kier alpha value is -1.94. The summed E-state index contributed by atoms with van der Waals surface area (Å²) >= 11 is 5.94. The van der Waals surface area contributed by atoms with Crippen LogP contribution in [-0.2, 0) is 0 Å². The number of carbonyl (C=O) groups is 1. The highest BCUT2D eigenvalue weighted by Gasteiger charge is 2.16. The van der Waals surface area contributed by atoms with Gasteiger partial charge in [-0.1, -0.05) is 17.7 Å². The van der Waals surface area contributed by atoms with Gasteiger partial charge in [0, 0.05) is 25.6 Å². The molecule has 1 amide bonds. The van der Waals surface area contributed by atoms with Gasteiger partial charge in [-0.05, 0) is 18.2 Å². The van der Waals surface area contributed by atoms with Gasteiger partial charge < -0.3 is 0 Å². The van der Waals surface area contributed by atoms with E-state index < -0.39 is 0 Å². The molecule has 0 radical (unpaired) electrons. The maximum atomic E-state index is 12.1. The van der Waals surface area contributed by atoms with E-state index in [1.807, 2.05) is 6.07 Å². The second kappa shape index (κ2) is 4.93. The molecule has 5 heteroatoms. The molecule has 0 spiro atoms. The molecule has 0 atom stereocenters. The van der Waals surface area contributed by atoms with E-state index in [1.165, 1.54) is 11.1 Å². The smallest absolute Gasteiger partial charge is 0.262 e. The monoisotopic (exact) mass is 247 g/mol. The van der Waals surface area contributed by atoms with Crippen LogP contribution < -0.4 is 4.90 Å². The highest BCUT2D eigenvalue weighted by molar-refractivity contribution is 6.34. The topological polar surface area (TPSA) is 46.1 Å². The highest BCUT2D eigenvalue weighted by Crippen LogP contribution is 2.18. The molecule has 0 aromatic carbocycles. The summed E-state index contributed by atoms with van der Waals surface area (Å²) in [4.78, 5) is 21.5. The van der Waals surface area contributed by atoms with Crippen molar-refractivity contribution in [1.82, 2.24) is 9.97 Å². The van der Waals surface area contributed by atoms with Crippen molar-refractivity contribution in [2.24, 2.45) is 0 Å². The predicted octanol–water partition coefficient (Wildman–Crippen LogP) is 2.41. The number of amides is 1. The molecule has 0 bridgehead atoms. The van der Waals surface area contributed by atoms with Crippen molar-refractivity contribution < 1.29 is 4.79 Å². The summed E-state index contributed by atoms with van der Waals surface area (Å²) in [6.07, 6.45) is 4.62. The minimum atomic E-state index is -0.234. The largest absolute Gasteiger partial charge is 0.296 e. The van der Waals surface area contributed by atoms with Crippen LogP contribution in [0.25, 0.3) is 0 Å². The van der Waals surface area contributed by atoms with Crippen LogP contribution in [0.3, 0.4) is 0 Å². The molecule has 0 saturated heterocycles. The van der Waals surface area contributed by atoms with Gasteiger partial charge in [0.2, 0.25) is 0 Å². The Bertz CT molecular complexity index is 530. The van der Waals surface area contributed by atoms with E-state index in [1.54, 1.807) is 37.6 Å². The standard InChI is InChI=1S/C12H10ClN3O/c1-16(11-4-2-3-6-15-11)12(17)9-8-14-7-5-10(9)13/h2-8H,1H3. The van der Waals surface area contributed by atoms with E-state index in [4.69, 9.17) is 11.6 Å². The molecule has 86 valence electrons. The Morgan fingerprint density at radius 2 is 2.12 bits per heavy atom. The zero-order valence-electron chi connectivity index (χ0n) is 9.17. The van der Waals surface area contributed by atoms with Crippen LogP contribution in [0, 0.1) is 0 Å². The van der Waals surface area contributed by atoms with E-state index in [0.717, 1.165) is 0 Å². The van der Waals surface area contributed by atoms with Crippen LogP contribution in [0.2, 0.25) is 5.02 Å². The fourth-order valence-corrected chi connectivity index (χ4v) is 1.56. The number of pyridine rings is 2. The summed E-state index contributed by atoms with van der Waals surface area (Å²) in [7, 11) is 1.65. The van der Waals surface area contributed by atoms with E-state index in [-0.39, 0.29) is 5.91 Å². The van der Waals surface area contributed by atoms with Crippen LogP contribution in [0.1, 0.15) is 10.4 Å². The molecule has 0 saturated carbocycles. The molecule has 2 rings (SSSR count). The van der Waals surface area contributed by atoms with Crippen LogP contribution in [0.5, 0.6) is 0 Å².